The van der Waals surface area contributed by atoms with E-state index in [-0.39, 0.29) is 11.6 Å². The van der Waals surface area contributed by atoms with Crippen LogP contribution >= 0.6 is 11.6 Å². The summed E-state index contributed by atoms with van der Waals surface area (Å²) in [7, 11) is 3.45. The molecule has 0 spiro atoms. The van der Waals surface area contributed by atoms with Gasteiger partial charge in [0, 0.05) is 19.8 Å². The van der Waals surface area contributed by atoms with Crippen LogP contribution in [0.3, 0.4) is 0 Å². The van der Waals surface area contributed by atoms with Crippen LogP contribution in [0, 0.1) is 6.92 Å². The molecule has 1 amide bonds. The molecule has 0 aliphatic heterocycles. The third kappa shape index (κ3) is 2.91. The molecule has 0 bridgehead atoms. The summed E-state index contributed by atoms with van der Waals surface area (Å²) in [5.41, 5.74) is 2.18. The standard InChI is InChI=1S/C15H16ClN3O/c1-10-4-6-11(7-5-10)19(3)15(20)14-12(16)8-9-13(17-2)18-14/h4-9H,1-3H3,(H,17,18). The number of aromatic nitrogens is 1. The van der Waals surface area contributed by atoms with Gasteiger partial charge < -0.3 is 10.2 Å². The van der Waals surface area contributed by atoms with Crippen molar-refractivity contribution < 1.29 is 4.79 Å². The van der Waals surface area contributed by atoms with E-state index in [0.29, 0.717) is 10.8 Å². The van der Waals surface area contributed by atoms with Crippen molar-refractivity contribution in [1.82, 2.24) is 4.98 Å². The lowest BCUT2D eigenvalue weighted by Gasteiger charge is -2.18. The number of benzene rings is 1. The average molecular weight is 290 g/mol. The van der Waals surface area contributed by atoms with Gasteiger partial charge in [-0.25, -0.2) is 4.98 Å². The van der Waals surface area contributed by atoms with Crippen molar-refractivity contribution in [2.75, 3.05) is 24.3 Å². The predicted octanol–water partition coefficient (Wildman–Crippen LogP) is 3.36. The Bertz CT molecular complexity index is 626. The number of carbonyl (C=O) groups is 1. The number of hydrogen-bond acceptors (Lipinski definition) is 3. The zero-order valence-electron chi connectivity index (χ0n) is 11.6. The number of carbonyl (C=O) groups excluding carboxylic acids is 1. The highest BCUT2D eigenvalue weighted by Gasteiger charge is 2.18. The molecular weight excluding hydrogens is 274 g/mol. The van der Waals surface area contributed by atoms with Crippen molar-refractivity contribution in [3.8, 4) is 0 Å². The fourth-order valence-electron chi connectivity index (χ4n) is 1.78. The van der Waals surface area contributed by atoms with Crippen LogP contribution in [0.25, 0.3) is 0 Å². The first-order valence-corrected chi connectivity index (χ1v) is 6.59. The molecule has 0 fully saturated rings. The van der Waals surface area contributed by atoms with E-state index in [1.807, 2.05) is 31.2 Å². The van der Waals surface area contributed by atoms with Crippen LogP contribution in [0.2, 0.25) is 5.02 Å². The molecule has 0 unspecified atom stereocenters. The number of amides is 1. The fraction of sp³-hybridized carbons (Fsp3) is 0.200. The highest BCUT2D eigenvalue weighted by Crippen LogP contribution is 2.21. The van der Waals surface area contributed by atoms with Gasteiger partial charge in [0.05, 0.1) is 5.02 Å². The summed E-state index contributed by atoms with van der Waals surface area (Å²) in [4.78, 5) is 18.2. The van der Waals surface area contributed by atoms with Gasteiger partial charge in [-0.1, -0.05) is 29.3 Å². The maximum atomic E-state index is 12.5. The molecule has 2 rings (SSSR count). The van der Waals surface area contributed by atoms with Crippen LogP contribution < -0.4 is 10.2 Å². The van der Waals surface area contributed by atoms with Crippen LogP contribution in [-0.4, -0.2) is 25.0 Å². The number of nitrogens with one attached hydrogen (secondary N) is 1. The number of rotatable bonds is 3. The quantitative estimate of drug-likeness (QED) is 0.942. The summed E-state index contributed by atoms with van der Waals surface area (Å²) >= 11 is 6.07. The average Bonchev–Trinajstić information content (AvgIpc) is 2.47. The highest BCUT2D eigenvalue weighted by atomic mass is 35.5. The molecule has 104 valence electrons. The van der Waals surface area contributed by atoms with Crippen molar-refractivity contribution in [1.29, 1.82) is 0 Å². The number of pyridine rings is 1. The van der Waals surface area contributed by atoms with E-state index in [2.05, 4.69) is 10.3 Å². The number of nitrogens with zero attached hydrogens (tertiary/aromatic N) is 2. The number of halogens is 1. The summed E-state index contributed by atoms with van der Waals surface area (Å²) < 4.78 is 0. The fourth-order valence-corrected chi connectivity index (χ4v) is 1.96. The van der Waals surface area contributed by atoms with Crippen molar-refractivity contribution >= 4 is 29.0 Å². The molecule has 4 nitrogen and oxygen atoms in total. The van der Waals surface area contributed by atoms with E-state index in [1.165, 1.54) is 4.90 Å². The Morgan fingerprint density at radius 1 is 1.20 bits per heavy atom. The molecule has 2 aromatic rings. The van der Waals surface area contributed by atoms with Crippen LogP contribution in [-0.2, 0) is 0 Å². The first-order valence-electron chi connectivity index (χ1n) is 6.22. The van der Waals surface area contributed by atoms with Gasteiger partial charge in [0.15, 0.2) is 0 Å². The monoisotopic (exact) mass is 289 g/mol. The molecule has 0 aliphatic rings. The summed E-state index contributed by atoms with van der Waals surface area (Å²) in [5.74, 6) is 0.367. The lowest BCUT2D eigenvalue weighted by Crippen LogP contribution is -2.27. The molecule has 0 atom stereocenters. The van der Waals surface area contributed by atoms with Crippen LogP contribution in [0.1, 0.15) is 16.1 Å². The largest absolute Gasteiger partial charge is 0.373 e. The van der Waals surface area contributed by atoms with Gasteiger partial charge >= 0.3 is 0 Å². The first kappa shape index (κ1) is 14.3. The molecule has 1 heterocycles. The van der Waals surface area contributed by atoms with Gasteiger partial charge in [-0.05, 0) is 31.2 Å². The second kappa shape index (κ2) is 5.92. The van der Waals surface area contributed by atoms with Crippen molar-refractivity contribution in [2.45, 2.75) is 6.92 Å². The third-order valence-electron chi connectivity index (χ3n) is 3.03. The molecule has 1 N–H and O–H groups in total. The summed E-state index contributed by atoms with van der Waals surface area (Å²) in [5, 5.41) is 3.24. The van der Waals surface area contributed by atoms with E-state index in [9.17, 15) is 4.79 Å². The molecule has 0 saturated heterocycles. The van der Waals surface area contributed by atoms with Gasteiger partial charge in [0.25, 0.3) is 5.91 Å². The van der Waals surface area contributed by atoms with Gasteiger partial charge in [-0.15, -0.1) is 0 Å². The minimum atomic E-state index is -0.240. The van der Waals surface area contributed by atoms with E-state index in [1.54, 1.807) is 26.2 Å². The van der Waals surface area contributed by atoms with Crippen LogP contribution in [0.15, 0.2) is 36.4 Å². The Morgan fingerprint density at radius 3 is 2.45 bits per heavy atom. The molecule has 5 heteroatoms. The smallest absolute Gasteiger partial charge is 0.278 e. The normalized spacial score (nSPS) is 10.2. The zero-order chi connectivity index (χ0) is 14.7. The Morgan fingerprint density at radius 2 is 1.85 bits per heavy atom. The topological polar surface area (TPSA) is 45.2 Å². The summed E-state index contributed by atoms with van der Waals surface area (Å²) in [6, 6.07) is 11.1. The lowest BCUT2D eigenvalue weighted by atomic mass is 10.2. The van der Waals surface area contributed by atoms with Gasteiger partial charge in [0.2, 0.25) is 0 Å². The molecule has 20 heavy (non-hydrogen) atoms. The number of aryl methyl sites for hydroxylation is 1. The maximum Gasteiger partial charge on any atom is 0.278 e. The van der Waals surface area contributed by atoms with Crippen LogP contribution in [0.4, 0.5) is 11.5 Å². The molecule has 0 radical (unpaired) electrons. The van der Waals surface area contributed by atoms with Gasteiger partial charge in [-0.2, -0.15) is 0 Å². The summed E-state index contributed by atoms with van der Waals surface area (Å²) in [6.45, 7) is 2.00. The van der Waals surface area contributed by atoms with E-state index in [0.717, 1.165) is 11.3 Å². The predicted molar refractivity (Wildman–Crippen MR) is 82.7 cm³/mol. The maximum absolute atomic E-state index is 12.5. The zero-order valence-corrected chi connectivity index (χ0v) is 12.4. The highest BCUT2D eigenvalue weighted by molar-refractivity contribution is 6.34. The lowest BCUT2D eigenvalue weighted by molar-refractivity contribution is 0.0988. The van der Waals surface area contributed by atoms with Crippen molar-refractivity contribution in [3.05, 3.63) is 52.7 Å². The van der Waals surface area contributed by atoms with Crippen LogP contribution in [0.5, 0.6) is 0 Å². The number of anilines is 2. The Kier molecular flexibility index (Phi) is 4.25. The van der Waals surface area contributed by atoms with Gasteiger partial charge in [0.1, 0.15) is 11.5 Å². The molecule has 0 aliphatic carbocycles. The Balaban J connectivity index is 2.33. The second-order valence-electron chi connectivity index (χ2n) is 4.48. The first-order chi connectivity index (χ1) is 9.52. The van der Waals surface area contributed by atoms with Gasteiger partial charge in [-0.3, -0.25) is 4.79 Å². The minimum Gasteiger partial charge on any atom is -0.373 e. The Hall–Kier alpha value is -2.07. The third-order valence-corrected chi connectivity index (χ3v) is 3.34. The molecule has 0 saturated carbocycles. The minimum absolute atomic E-state index is 0.238. The Labute approximate surface area is 123 Å². The molecule has 1 aromatic heterocycles. The van der Waals surface area contributed by atoms with Crippen molar-refractivity contribution in [3.63, 3.8) is 0 Å². The van der Waals surface area contributed by atoms with E-state index < -0.39 is 0 Å². The second-order valence-corrected chi connectivity index (χ2v) is 4.88. The van der Waals surface area contributed by atoms with E-state index >= 15 is 0 Å². The summed E-state index contributed by atoms with van der Waals surface area (Å²) in [6.07, 6.45) is 0. The van der Waals surface area contributed by atoms with E-state index in [4.69, 9.17) is 11.6 Å². The molecular formula is C15H16ClN3O. The van der Waals surface area contributed by atoms with Crippen molar-refractivity contribution in [2.24, 2.45) is 0 Å². The SMILES string of the molecule is CNc1ccc(Cl)c(C(=O)N(C)c2ccc(C)cc2)n1. The molecule has 1 aromatic carbocycles. The number of hydrogen-bond donors (Lipinski definition) is 1.